The molecule has 1 saturated heterocycles. The Kier molecular flexibility index (Phi) is 5.54. The van der Waals surface area contributed by atoms with E-state index < -0.39 is 17.5 Å². The van der Waals surface area contributed by atoms with Crippen molar-refractivity contribution in [1.82, 2.24) is 14.8 Å². The molecule has 3 heterocycles. The predicted molar refractivity (Wildman–Crippen MR) is 118 cm³/mol. The van der Waals surface area contributed by atoms with Crippen molar-refractivity contribution < 1.29 is 23.9 Å². The molecule has 8 nitrogen and oxygen atoms in total. The van der Waals surface area contributed by atoms with Crippen molar-refractivity contribution in [3.63, 3.8) is 0 Å². The summed E-state index contributed by atoms with van der Waals surface area (Å²) < 4.78 is 13.3. The first-order valence-corrected chi connectivity index (χ1v) is 10.6. The number of ketones is 1. The first-order valence-electron chi connectivity index (χ1n) is 10.6. The van der Waals surface area contributed by atoms with E-state index in [1.54, 1.807) is 37.3 Å². The van der Waals surface area contributed by atoms with Gasteiger partial charge in [0.25, 0.3) is 5.91 Å². The van der Waals surface area contributed by atoms with Crippen LogP contribution in [0.4, 0.5) is 4.79 Å². The number of allylic oxidation sites excluding steroid dienone is 1. The molecule has 1 aromatic heterocycles. The number of imide groups is 1. The second-order valence-electron chi connectivity index (χ2n) is 8.27. The highest BCUT2D eigenvalue weighted by Crippen LogP contribution is 2.36. The van der Waals surface area contributed by atoms with Crippen LogP contribution in [0.15, 0.2) is 36.9 Å². The van der Waals surface area contributed by atoms with Crippen molar-refractivity contribution in [2.45, 2.75) is 39.3 Å². The number of urea groups is 1. The zero-order chi connectivity index (χ0) is 23.0. The van der Waals surface area contributed by atoms with Crippen LogP contribution in [0.25, 0.3) is 0 Å². The van der Waals surface area contributed by atoms with E-state index in [-0.39, 0.29) is 12.3 Å². The van der Waals surface area contributed by atoms with Crippen LogP contribution in [-0.2, 0) is 16.9 Å². The van der Waals surface area contributed by atoms with Crippen molar-refractivity contribution in [1.29, 1.82) is 0 Å². The number of aryl methyl sites for hydroxylation is 1. The second-order valence-corrected chi connectivity index (χ2v) is 8.27. The summed E-state index contributed by atoms with van der Waals surface area (Å²) in [5.74, 6) is 0.367. The standard InChI is InChI=1S/C24H27N3O5/c1-5-9-26-15(2)12-18(16(26)3)19(28)14-27-22(29)24(4,25-23(27)30)17-7-8-20-21(13-17)32-11-6-10-31-20/h5,7-8,12-13H,1,6,9-11,14H2,2-4H3,(H,25,30). The van der Waals surface area contributed by atoms with Crippen LogP contribution in [0.5, 0.6) is 11.5 Å². The number of amides is 3. The summed E-state index contributed by atoms with van der Waals surface area (Å²) in [4.78, 5) is 40.0. The van der Waals surface area contributed by atoms with Gasteiger partial charge < -0.3 is 19.4 Å². The number of rotatable bonds is 6. The third-order valence-corrected chi connectivity index (χ3v) is 6.09. The van der Waals surface area contributed by atoms with Gasteiger partial charge in [-0.2, -0.15) is 0 Å². The Labute approximate surface area is 186 Å². The average molecular weight is 437 g/mol. The lowest BCUT2D eigenvalue weighted by molar-refractivity contribution is -0.130. The van der Waals surface area contributed by atoms with Crippen LogP contribution in [0, 0.1) is 13.8 Å². The van der Waals surface area contributed by atoms with Gasteiger partial charge in [0.2, 0.25) is 0 Å². The second kappa shape index (κ2) is 8.18. The van der Waals surface area contributed by atoms with Crippen molar-refractivity contribution in [2.75, 3.05) is 19.8 Å². The van der Waals surface area contributed by atoms with Gasteiger partial charge in [0.05, 0.1) is 19.8 Å². The molecule has 0 spiro atoms. The van der Waals surface area contributed by atoms with Gasteiger partial charge in [0, 0.05) is 29.9 Å². The Balaban J connectivity index is 1.58. The lowest BCUT2D eigenvalue weighted by Gasteiger charge is -2.23. The SMILES string of the molecule is C=CCn1c(C)cc(C(=O)CN2C(=O)NC(C)(c3ccc4c(c3)OCCCO4)C2=O)c1C. The largest absolute Gasteiger partial charge is 0.490 e. The molecule has 2 aliphatic heterocycles. The van der Waals surface area contributed by atoms with Crippen LogP contribution in [-0.4, -0.2) is 46.9 Å². The highest BCUT2D eigenvalue weighted by Gasteiger charge is 2.50. The Bertz CT molecular complexity index is 1120. The number of Topliss-reactive ketones (excluding diaryl/α,β-unsaturated/α-hetero) is 1. The number of nitrogens with one attached hydrogen (secondary N) is 1. The molecule has 1 atom stereocenters. The van der Waals surface area contributed by atoms with Crippen LogP contribution >= 0.6 is 0 Å². The van der Waals surface area contributed by atoms with Gasteiger partial charge in [-0.15, -0.1) is 6.58 Å². The van der Waals surface area contributed by atoms with Gasteiger partial charge in [0.15, 0.2) is 17.3 Å². The molecule has 32 heavy (non-hydrogen) atoms. The molecule has 2 aromatic rings. The molecule has 0 aliphatic carbocycles. The van der Waals surface area contributed by atoms with E-state index in [0.717, 1.165) is 22.7 Å². The van der Waals surface area contributed by atoms with Gasteiger partial charge in [-0.3, -0.25) is 14.5 Å². The molecule has 0 radical (unpaired) electrons. The summed E-state index contributed by atoms with van der Waals surface area (Å²) in [7, 11) is 0. The summed E-state index contributed by atoms with van der Waals surface area (Å²) >= 11 is 0. The first-order chi connectivity index (χ1) is 15.3. The summed E-state index contributed by atoms with van der Waals surface area (Å²) in [5.41, 5.74) is 1.46. The molecule has 3 amide bonds. The van der Waals surface area contributed by atoms with Crippen LogP contribution < -0.4 is 14.8 Å². The molecule has 1 unspecified atom stereocenters. The number of hydrogen-bond donors (Lipinski definition) is 1. The molecule has 1 N–H and O–H groups in total. The molecule has 4 rings (SSSR count). The first kappa shape index (κ1) is 21.7. The average Bonchev–Trinajstić information content (AvgIpc) is 3.05. The third-order valence-electron chi connectivity index (χ3n) is 6.09. The predicted octanol–water partition coefficient (Wildman–Crippen LogP) is 3.10. The molecular weight excluding hydrogens is 410 g/mol. The summed E-state index contributed by atoms with van der Waals surface area (Å²) in [6.45, 7) is 10.4. The number of benzene rings is 1. The minimum absolute atomic E-state index is 0.292. The molecule has 1 aromatic carbocycles. The maximum atomic E-state index is 13.3. The molecular formula is C24H27N3O5. The number of carbonyl (C=O) groups is 3. The molecule has 168 valence electrons. The zero-order valence-corrected chi connectivity index (χ0v) is 18.6. The minimum atomic E-state index is -1.30. The van der Waals surface area contributed by atoms with E-state index in [2.05, 4.69) is 11.9 Å². The molecule has 1 fully saturated rings. The molecule has 0 saturated carbocycles. The lowest BCUT2D eigenvalue weighted by atomic mass is 9.91. The minimum Gasteiger partial charge on any atom is -0.490 e. The van der Waals surface area contributed by atoms with E-state index in [1.165, 1.54) is 0 Å². The van der Waals surface area contributed by atoms with Crippen LogP contribution in [0.2, 0.25) is 0 Å². The Morgan fingerprint density at radius 2 is 1.91 bits per heavy atom. The van der Waals surface area contributed by atoms with Gasteiger partial charge in [-0.1, -0.05) is 12.1 Å². The molecule has 0 bridgehead atoms. The Morgan fingerprint density at radius 1 is 1.19 bits per heavy atom. The van der Waals surface area contributed by atoms with Gasteiger partial charge in [-0.25, -0.2) is 4.79 Å². The van der Waals surface area contributed by atoms with E-state index in [4.69, 9.17) is 9.47 Å². The van der Waals surface area contributed by atoms with Crippen molar-refractivity contribution in [3.8, 4) is 11.5 Å². The maximum absolute atomic E-state index is 13.3. The summed E-state index contributed by atoms with van der Waals surface area (Å²) in [6, 6.07) is 6.37. The quantitative estimate of drug-likeness (QED) is 0.426. The number of nitrogens with zero attached hydrogens (tertiary/aromatic N) is 2. The summed E-state index contributed by atoms with van der Waals surface area (Å²) in [5, 5.41) is 2.75. The van der Waals surface area contributed by atoms with Crippen molar-refractivity contribution in [3.05, 3.63) is 59.4 Å². The third kappa shape index (κ3) is 3.55. The topological polar surface area (TPSA) is 89.9 Å². The monoisotopic (exact) mass is 437 g/mol. The number of ether oxygens (including phenoxy) is 2. The number of carbonyl (C=O) groups excluding carboxylic acids is 3. The van der Waals surface area contributed by atoms with E-state index >= 15 is 0 Å². The fourth-order valence-corrected chi connectivity index (χ4v) is 4.23. The number of fused-ring (bicyclic) bond motifs is 1. The number of aromatic nitrogens is 1. The smallest absolute Gasteiger partial charge is 0.325 e. The van der Waals surface area contributed by atoms with E-state index in [1.807, 2.05) is 18.4 Å². The fraction of sp³-hybridized carbons (Fsp3) is 0.375. The van der Waals surface area contributed by atoms with Gasteiger partial charge in [0.1, 0.15) is 5.54 Å². The molecule has 2 aliphatic rings. The Hall–Kier alpha value is -3.55. The van der Waals surface area contributed by atoms with E-state index in [0.29, 0.717) is 42.4 Å². The fourth-order valence-electron chi connectivity index (χ4n) is 4.23. The zero-order valence-electron chi connectivity index (χ0n) is 18.6. The van der Waals surface area contributed by atoms with Crippen molar-refractivity contribution in [2.24, 2.45) is 0 Å². The Morgan fingerprint density at radius 3 is 2.62 bits per heavy atom. The number of hydrogen-bond acceptors (Lipinski definition) is 5. The van der Waals surface area contributed by atoms with Crippen LogP contribution in [0.1, 0.15) is 40.7 Å². The van der Waals surface area contributed by atoms with E-state index in [9.17, 15) is 14.4 Å². The lowest BCUT2D eigenvalue weighted by Crippen LogP contribution is -2.41. The summed E-state index contributed by atoms with van der Waals surface area (Å²) in [6.07, 6.45) is 2.52. The highest BCUT2D eigenvalue weighted by molar-refractivity contribution is 6.11. The highest BCUT2D eigenvalue weighted by atomic mass is 16.5. The van der Waals surface area contributed by atoms with Gasteiger partial charge in [-0.05, 0) is 44.5 Å². The maximum Gasteiger partial charge on any atom is 0.325 e. The van der Waals surface area contributed by atoms with Crippen LogP contribution in [0.3, 0.4) is 0 Å². The van der Waals surface area contributed by atoms with Crippen molar-refractivity contribution >= 4 is 17.7 Å². The molecule has 8 heteroatoms. The normalized spacial score (nSPS) is 20.2. The van der Waals surface area contributed by atoms with Gasteiger partial charge >= 0.3 is 6.03 Å².